The smallest absolute Gasteiger partial charge is 0.383 e. The summed E-state index contributed by atoms with van der Waals surface area (Å²) in [5.74, 6) is -1.25. The van der Waals surface area contributed by atoms with Crippen LogP contribution in [0, 0.1) is 5.92 Å². The number of ether oxygens (including phenoxy) is 1. The third-order valence-corrected chi connectivity index (χ3v) is 5.98. The molecule has 34 heavy (non-hydrogen) atoms. The van der Waals surface area contributed by atoms with Gasteiger partial charge in [-0.15, -0.1) is 0 Å². The van der Waals surface area contributed by atoms with E-state index in [9.17, 15) is 27.6 Å². The first-order valence-corrected chi connectivity index (χ1v) is 11.1. The van der Waals surface area contributed by atoms with Gasteiger partial charge in [-0.3, -0.25) is 14.5 Å². The largest absolute Gasteiger partial charge is 0.416 e. The van der Waals surface area contributed by atoms with E-state index in [4.69, 9.17) is 4.74 Å². The van der Waals surface area contributed by atoms with Gasteiger partial charge in [-0.25, -0.2) is 4.79 Å². The molecule has 0 bridgehead atoms. The van der Waals surface area contributed by atoms with Crippen molar-refractivity contribution in [2.45, 2.75) is 39.0 Å². The monoisotopic (exact) mass is 482 g/mol. The first kappa shape index (κ1) is 25.5. The van der Waals surface area contributed by atoms with Gasteiger partial charge in [0.15, 0.2) is 0 Å². The molecule has 2 heterocycles. The highest BCUT2D eigenvalue weighted by molar-refractivity contribution is 6.03. The normalized spacial score (nSPS) is 19.5. The van der Waals surface area contributed by atoms with Crippen LogP contribution in [0.15, 0.2) is 35.5 Å². The maximum Gasteiger partial charge on any atom is 0.416 e. The number of nitrogens with one attached hydrogen (secondary N) is 2. The standard InChI is InChI=1S/C23H29F3N4O4/c1-5-29-16-12-30(19(13(2)3)20(31)27-10-11-34-4)21(32)17(16)18(28-22(29)33)14-8-6-7-9-15(14)23(24,25)26/h6-9,13,18-19H,5,10-12H2,1-4H3,(H,27,31)(H,28,33)/t18-,19-/m0/s1. The van der Waals surface area contributed by atoms with E-state index in [1.165, 1.54) is 35.1 Å². The van der Waals surface area contributed by atoms with Crippen molar-refractivity contribution in [3.05, 3.63) is 46.7 Å². The Bertz CT molecular complexity index is 993. The van der Waals surface area contributed by atoms with Gasteiger partial charge in [-0.2, -0.15) is 13.2 Å². The summed E-state index contributed by atoms with van der Waals surface area (Å²) in [5, 5.41) is 5.30. The molecule has 0 saturated heterocycles. The molecule has 2 aliphatic rings. The average Bonchev–Trinajstić information content (AvgIpc) is 3.09. The summed E-state index contributed by atoms with van der Waals surface area (Å²) in [5.41, 5.74) is -0.782. The summed E-state index contributed by atoms with van der Waals surface area (Å²) in [7, 11) is 1.50. The molecule has 2 N–H and O–H groups in total. The molecular weight excluding hydrogens is 453 g/mol. The maximum atomic E-state index is 13.8. The van der Waals surface area contributed by atoms with Crippen LogP contribution in [0.4, 0.5) is 18.0 Å². The first-order chi connectivity index (χ1) is 16.0. The van der Waals surface area contributed by atoms with Gasteiger partial charge in [-0.05, 0) is 24.5 Å². The van der Waals surface area contributed by atoms with Crippen LogP contribution in [-0.4, -0.2) is 67.0 Å². The lowest BCUT2D eigenvalue weighted by atomic mass is 9.91. The molecule has 1 aromatic carbocycles. The quantitative estimate of drug-likeness (QED) is 0.558. The Morgan fingerprint density at radius 1 is 1.26 bits per heavy atom. The number of likely N-dealkylation sites (N-methyl/N-ethyl adjacent to an activating group) is 1. The number of methoxy groups -OCH3 is 1. The van der Waals surface area contributed by atoms with Gasteiger partial charge in [0.05, 0.1) is 36.0 Å². The number of rotatable bonds is 8. The minimum atomic E-state index is -4.67. The number of hydrogen-bond acceptors (Lipinski definition) is 4. The van der Waals surface area contributed by atoms with Gasteiger partial charge in [0.2, 0.25) is 5.91 Å². The molecule has 2 atom stereocenters. The van der Waals surface area contributed by atoms with E-state index >= 15 is 0 Å². The van der Waals surface area contributed by atoms with Gasteiger partial charge in [0.1, 0.15) is 6.04 Å². The number of urea groups is 1. The highest BCUT2D eigenvalue weighted by Crippen LogP contribution is 2.42. The number of carbonyl (C=O) groups is 3. The highest BCUT2D eigenvalue weighted by Gasteiger charge is 2.49. The summed E-state index contributed by atoms with van der Waals surface area (Å²) in [4.78, 5) is 42.0. The predicted octanol–water partition coefficient (Wildman–Crippen LogP) is 2.68. The lowest BCUT2D eigenvalue weighted by Crippen LogP contribution is -2.52. The van der Waals surface area contributed by atoms with Gasteiger partial charge in [0, 0.05) is 20.2 Å². The zero-order valence-corrected chi connectivity index (χ0v) is 19.5. The van der Waals surface area contributed by atoms with Crippen molar-refractivity contribution in [1.82, 2.24) is 20.4 Å². The Hall–Kier alpha value is -3.08. The molecule has 4 amide bonds. The van der Waals surface area contributed by atoms with E-state index in [-0.39, 0.29) is 43.3 Å². The molecule has 8 nitrogen and oxygen atoms in total. The molecular formula is C23H29F3N4O4. The summed E-state index contributed by atoms with van der Waals surface area (Å²) in [6, 6.07) is 2.11. The predicted molar refractivity (Wildman–Crippen MR) is 117 cm³/mol. The van der Waals surface area contributed by atoms with Crippen LogP contribution in [0.3, 0.4) is 0 Å². The van der Waals surface area contributed by atoms with Crippen LogP contribution in [0.5, 0.6) is 0 Å². The van der Waals surface area contributed by atoms with Gasteiger partial charge < -0.3 is 20.3 Å². The van der Waals surface area contributed by atoms with Crippen LogP contribution in [-0.2, 0) is 20.5 Å². The summed E-state index contributed by atoms with van der Waals surface area (Å²) in [6.07, 6.45) is -4.67. The number of halogens is 3. The van der Waals surface area contributed by atoms with Crippen molar-refractivity contribution in [3.63, 3.8) is 0 Å². The van der Waals surface area contributed by atoms with E-state index in [2.05, 4.69) is 10.6 Å². The van der Waals surface area contributed by atoms with Gasteiger partial charge >= 0.3 is 12.2 Å². The Kier molecular flexibility index (Phi) is 7.54. The second kappa shape index (κ2) is 10.0. The van der Waals surface area contributed by atoms with Crippen molar-refractivity contribution < 1.29 is 32.3 Å². The zero-order chi connectivity index (χ0) is 25.2. The third-order valence-electron chi connectivity index (χ3n) is 5.98. The zero-order valence-electron chi connectivity index (χ0n) is 19.5. The van der Waals surface area contributed by atoms with E-state index in [1.54, 1.807) is 20.8 Å². The van der Waals surface area contributed by atoms with E-state index < -0.39 is 41.7 Å². The Morgan fingerprint density at radius 3 is 2.53 bits per heavy atom. The third kappa shape index (κ3) is 4.75. The van der Waals surface area contributed by atoms with Gasteiger partial charge in [-0.1, -0.05) is 32.0 Å². The number of hydrogen-bond donors (Lipinski definition) is 2. The van der Waals surface area contributed by atoms with Crippen molar-refractivity contribution in [1.29, 1.82) is 0 Å². The molecule has 1 aromatic rings. The number of carbonyl (C=O) groups excluding carboxylic acids is 3. The Labute approximate surface area is 196 Å². The van der Waals surface area contributed by atoms with Crippen molar-refractivity contribution in [2.75, 3.05) is 33.4 Å². The fraction of sp³-hybridized carbons (Fsp3) is 0.522. The molecule has 0 aromatic heterocycles. The van der Waals surface area contributed by atoms with Crippen molar-refractivity contribution >= 4 is 17.8 Å². The van der Waals surface area contributed by atoms with E-state index in [1.807, 2.05) is 0 Å². The number of nitrogens with zero attached hydrogens (tertiary/aromatic N) is 2. The van der Waals surface area contributed by atoms with Crippen molar-refractivity contribution in [2.24, 2.45) is 5.92 Å². The van der Waals surface area contributed by atoms with Crippen LogP contribution in [0.25, 0.3) is 0 Å². The molecule has 2 aliphatic heterocycles. The van der Waals surface area contributed by atoms with Crippen LogP contribution < -0.4 is 10.6 Å². The van der Waals surface area contributed by atoms with Crippen LogP contribution >= 0.6 is 0 Å². The maximum absolute atomic E-state index is 13.8. The molecule has 186 valence electrons. The molecule has 0 radical (unpaired) electrons. The Balaban J connectivity index is 2.04. The topological polar surface area (TPSA) is 91.0 Å². The Morgan fingerprint density at radius 2 is 1.94 bits per heavy atom. The molecule has 3 rings (SSSR count). The molecule has 0 spiro atoms. The van der Waals surface area contributed by atoms with E-state index in [0.29, 0.717) is 5.70 Å². The molecule has 0 saturated carbocycles. The first-order valence-electron chi connectivity index (χ1n) is 11.1. The lowest BCUT2D eigenvalue weighted by molar-refractivity contribution is -0.139. The van der Waals surface area contributed by atoms with Crippen LogP contribution in [0.1, 0.15) is 37.9 Å². The second-order valence-electron chi connectivity index (χ2n) is 8.48. The number of amides is 4. The van der Waals surface area contributed by atoms with Crippen molar-refractivity contribution in [3.8, 4) is 0 Å². The lowest BCUT2D eigenvalue weighted by Gasteiger charge is -2.33. The molecule has 0 fully saturated rings. The minimum absolute atomic E-state index is 0.0495. The molecule has 11 heteroatoms. The SMILES string of the molecule is CCN1C(=O)N[C@@H](c2ccccc2C(F)(F)F)C2=C1CN([C@H](C(=O)NCCOC)C(C)C)C2=O. The molecule has 0 unspecified atom stereocenters. The van der Waals surface area contributed by atoms with E-state index in [0.717, 1.165) is 6.07 Å². The van der Waals surface area contributed by atoms with Crippen LogP contribution in [0.2, 0.25) is 0 Å². The fourth-order valence-corrected chi connectivity index (χ4v) is 4.50. The summed E-state index contributed by atoms with van der Waals surface area (Å²) in [6.45, 7) is 5.96. The highest BCUT2D eigenvalue weighted by atomic mass is 19.4. The second-order valence-corrected chi connectivity index (χ2v) is 8.48. The minimum Gasteiger partial charge on any atom is -0.383 e. The number of benzene rings is 1. The number of alkyl halides is 3. The van der Waals surface area contributed by atoms with Gasteiger partial charge in [0.25, 0.3) is 5.91 Å². The summed E-state index contributed by atoms with van der Waals surface area (Å²) < 4.78 is 46.2. The summed E-state index contributed by atoms with van der Waals surface area (Å²) >= 11 is 0. The molecule has 0 aliphatic carbocycles. The average molecular weight is 483 g/mol. The fourth-order valence-electron chi connectivity index (χ4n) is 4.50.